The van der Waals surface area contributed by atoms with Crippen molar-refractivity contribution in [2.75, 3.05) is 0 Å². The summed E-state index contributed by atoms with van der Waals surface area (Å²) in [7, 11) is 0. The van der Waals surface area contributed by atoms with E-state index in [1.165, 1.54) is 17.5 Å². The van der Waals surface area contributed by atoms with Gasteiger partial charge in [0.05, 0.1) is 11.9 Å². The fourth-order valence-electron chi connectivity index (χ4n) is 0.849. The average Bonchev–Trinajstić information content (AvgIpc) is 2.67. The van der Waals surface area contributed by atoms with Crippen LogP contribution in [0.3, 0.4) is 0 Å². The molecule has 0 aromatic carbocycles. The van der Waals surface area contributed by atoms with Crippen molar-refractivity contribution >= 4 is 11.3 Å². The lowest BCUT2D eigenvalue weighted by Crippen LogP contribution is -1.96. The first-order chi connectivity index (χ1) is 6.40. The molecule has 0 aliphatic carbocycles. The molecule has 0 atom stereocenters. The number of nitrogens with two attached hydrogens (primary N) is 1. The maximum absolute atomic E-state index is 5.43. The van der Waals surface area contributed by atoms with Crippen LogP contribution in [0.5, 0.6) is 0 Å². The summed E-state index contributed by atoms with van der Waals surface area (Å²) in [6.45, 7) is 0.441. The maximum Gasteiger partial charge on any atom is 0.210 e. The molecule has 0 unspecified atom stereocenters. The Morgan fingerprint density at radius 1 is 1.38 bits per heavy atom. The molecule has 2 heterocycles. The van der Waals surface area contributed by atoms with Gasteiger partial charge < -0.3 is 5.73 Å². The second-order valence-electron chi connectivity index (χ2n) is 2.31. The second-order valence-corrected chi connectivity index (χ2v) is 3.17. The van der Waals surface area contributed by atoms with Crippen molar-refractivity contribution in [2.45, 2.75) is 6.54 Å². The van der Waals surface area contributed by atoms with E-state index in [4.69, 9.17) is 5.73 Å². The van der Waals surface area contributed by atoms with Crippen LogP contribution in [-0.4, -0.2) is 20.2 Å². The Kier molecular flexibility index (Phi) is 2.24. The number of rotatable bonds is 2. The van der Waals surface area contributed by atoms with E-state index in [-0.39, 0.29) is 0 Å². The van der Waals surface area contributed by atoms with Gasteiger partial charge in [-0.05, 0) is 0 Å². The topological polar surface area (TPSA) is 77.6 Å². The molecule has 0 aliphatic heterocycles. The van der Waals surface area contributed by atoms with Crippen LogP contribution in [0, 0.1) is 0 Å². The number of aromatic nitrogens is 4. The second kappa shape index (κ2) is 3.55. The van der Waals surface area contributed by atoms with Crippen molar-refractivity contribution in [3.8, 4) is 10.8 Å². The van der Waals surface area contributed by atoms with Gasteiger partial charge >= 0.3 is 0 Å². The zero-order valence-electron chi connectivity index (χ0n) is 6.71. The molecular formula is C7H7N5S. The van der Waals surface area contributed by atoms with Gasteiger partial charge in [0, 0.05) is 18.1 Å². The summed E-state index contributed by atoms with van der Waals surface area (Å²) in [5, 5.41) is 10.2. The molecule has 0 bridgehead atoms. The first kappa shape index (κ1) is 8.21. The third-order valence-electron chi connectivity index (χ3n) is 1.43. The zero-order chi connectivity index (χ0) is 9.10. The maximum atomic E-state index is 5.43. The van der Waals surface area contributed by atoms with Gasteiger partial charge in [-0.2, -0.15) is 5.10 Å². The molecule has 2 N–H and O–H groups in total. The summed E-state index contributed by atoms with van der Waals surface area (Å²) in [5.41, 5.74) is 6.28. The van der Waals surface area contributed by atoms with E-state index in [0.29, 0.717) is 12.4 Å². The Balaban J connectivity index is 2.36. The van der Waals surface area contributed by atoms with Crippen molar-refractivity contribution in [1.29, 1.82) is 0 Å². The monoisotopic (exact) mass is 193 g/mol. The fraction of sp³-hybridized carbons (Fsp3) is 0.143. The lowest BCUT2D eigenvalue weighted by molar-refractivity contribution is 0.963. The number of thiazole rings is 1. The number of hydrogen-bond acceptors (Lipinski definition) is 6. The Morgan fingerprint density at radius 2 is 2.31 bits per heavy atom. The molecule has 0 radical (unpaired) electrons. The Hall–Kier alpha value is -1.40. The summed E-state index contributed by atoms with van der Waals surface area (Å²) >= 11 is 1.47. The van der Waals surface area contributed by atoms with Gasteiger partial charge in [0.1, 0.15) is 0 Å². The molecule has 66 valence electrons. The minimum absolute atomic E-state index is 0.441. The van der Waals surface area contributed by atoms with Crippen LogP contribution < -0.4 is 5.73 Å². The SMILES string of the molecule is NCc1csc(-c2nccnn2)n1. The van der Waals surface area contributed by atoms with Crippen molar-refractivity contribution < 1.29 is 0 Å². The first-order valence-corrected chi connectivity index (χ1v) is 4.56. The summed E-state index contributed by atoms with van der Waals surface area (Å²) in [5.74, 6) is 0.548. The predicted octanol–water partition coefficient (Wildman–Crippen LogP) is 0.454. The summed E-state index contributed by atoms with van der Waals surface area (Å²) in [6.07, 6.45) is 3.12. The van der Waals surface area contributed by atoms with Crippen molar-refractivity contribution in [3.05, 3.63) is 23.5 Å². The van der Waals surface area contributed by atoms with Gasteiger partial charge in [-0.3, -0.25) is 0 Å². The zero-order valence-corrected chi connectivity index (χ0v) is 7.53. The average molecular weight is 193 g/mol. The van der Waals surface area contributed by atoms with Crippen molar-refractivity contribution in [1.82, 2.24) is 20.2 Å². The minimum atomic E-state index is 0.441. The number of hydrogen-bond donors (Lipinski definition) is 1. The molecule has 2 aromatic rings. The molecule has 0 spiro atoms. The highest BCUT2D eigenvalue weighted by molar-refractivity contribution is 7.13. The van der Waals surface area contributed by atoms with Gasteiger partial charge in [-0.1, -0.05) is 0 Å². The van der Waals surface area contributed by atoms with Crippen LogP contribution in [0.25, 0.3) is 10.8 Å². The van der Waals surface area contributed by atoms with Gasteiger partial charge in [-0.25, -0.2) is 9.97 Å². The van der Waals surface area contributed by atoms with Gasteiger partial charge in [0.25, 0.3) is 0 Å². The van der Waals surface area contributed by atoms with Crippen LogP contribution >= 0.6 is 11.3 Å². The van der Waals surface area contributed by atoms with E-state index in [1.807, 2.05) is 5.38 Å². The highest BCUT2D eigenvalue weighted by Gasteiger charge is 2.05. The lowest BCUT2D eigenvalue weighted by Gasteiger charge is -1.89. The van der Waals surface area contributed by atoms with Crippen LogP contribution in [0.4, 0.5) is 0 Å². The summed E-state index contributed by atoms with van der Waals surface area (Å²) in [6, 6.07) is 0. The Labute approximate surface area is 78.7 Å². The summed E-state index contributed by atoms with van der Waals surface area (Å²) < 4.78 is 0. The Morgan fingerprint density at radius 3 is 2.92 bits per heavy atom. The molecule has 2 rings (SSSR count). The van der Waals surface area contributed by atoms with Crippen LogP contribution in [0.1, 0.15) is 5.69 Å². The molecule has 0 saturated carbocycles. The van der Waals surface area contributed by atoms with Gasteiger partial charge in [-0.15, -0.1) is 16.4 Å². The van der Waals surface area contributed by atoms with Crippen molar-refractivity contribution in [3.63, 3.8) is 0 Å². The molecule has 0 saturated heterocycles. The Bertz CT molecular complexity index is 385. The van der Waals surface area contributed by atoms with E-state index in [9.17, 15) is 0 Å². The number of nitrogens with zero attached hydrogens (tertiary/aromatic N) is 4. The molecule has 0 amide bonds. The van der Waals surface area contributed by atoms with Crippen LogP contribution in [-0.2, 0) is 6.54 Å². The van der Waals surface area contributed by atoms with Gasteiger partial charge in [0.2, 0.25) is 5.82 Å². The largest absolute Gasteiger partial charge is 0.325 e. The van der Waals surface area contributed by atoms with Crippen molar-refractivity contribution in [2.24, 2.45) is 5.73 Å². The third kappa shape index (κ3) is 1.68. The standard InChI is InChI=1S/C7H7N5S/c8-3-5-4-13-7(11-5)6-9-1-2-10-12-6/h1-2,4H,3,8H2. The van der Waals surface area contributed by atoms with E-state index in [1.54, 1.807) is 6.20 Å². The van der Waals surface area contributed by atoms with Gasteiger partial charge in [0.15, 0.2) is 5.01 Å². The van der Waals surface area contributed by atoms with E-state index >= 15 is 0 Å². The van der Waals surface area contributed by atoms with E-state index in [0.717, 1.165) is 10.7 Å². The molecule has 13 heavy (non-hydrogen) atoms. The normalized spacial score (nSPS) is 10.2. The van der Waals surface area contributed by atoms with Crippen LogP contribution in [0.15, 0.2) is 17.8 Å². The molecule has 2 aromatic heterocycles. The molecule has 5 nitrogen and oxygen atoms in total. The quantitative estimate of drug-likeness (QED) is 0.749. The fourth-order valence-corrected chi connectivity index (χ4v) is 1.61. The molecule has 0 fully saturated rings. The van der Waals surface area contributed by atoms with E-state index in [2.05, 4.69) is 20.2 Å². The molecular weight excluding hydrogens is 186 g/mol. The highest BCUT2D eigenvalue weighted by Crippen LogP contribution is 2.18. The predicted molar refractivity (Wildman–Crippen MR) is 48.8 cm³/mol. The highest BCUT2D eigenvalue weighted by atomic mass is 32.1. The first-order valence-electron chi connectivity index (χ1n) is 3.68. The molecule has 6 heteroatoms. The molecule has 0 aliphatic rings. The smallest absolute Gasteiger partial charge is 0.210 e. The van der Waals surface area contributed by atoms with E-state index < -0.39 is 0 Å². The third-order valence-corrected chi connectivity index (χ3v) is 2.32. The minimum Gasteiger partial charge on any atom is -0.325 e. The van der Waals surface area contributed by atoms with Crippen LogP contribution in [0.2, 0.25) is 0 Å². The lowest BCUT2D eigenvalue weighted by atomic mass is 10.5. The summed E-state index contributed by atoms with van der Waals surface area (Å²) in [4.78, 5) is 8.26.